The maximum absolute atomic E-state index is 12.7. The van der Waals surface area contributed by atoms with Crippen molar-refractivity contribution in [3.05, 3.63) is 40.7 Å². The van der Waals surface area contributed by atoms with Gasteiger partial charge < -0.3 is 5.32 Å². The van der Waals surface area contributed by atoms with Crippen LogP contribution in [0.5, 0.6) is 0 Å². The second-order valence-electron chi connectivity index (χ2n) is 4.62. The van der Waals surface area contributed by atoms with E-state index in [0.717, 1.165) is 11.3 Å². The van der Waals surface area contributed by atoms with E-state index >= 15 is 0 Å². The summed E-state index contributed by atoms with van der Waals surface area (Å²) < 4.78 is 26.7. The Morgan fingerprint density at radius 2 is 2.14 bits per heavy atom. The summed E-state index contributed by atoms with van der Waals surface area (Å²) in [5.74, 6) is 0. The van der Waals surface area contributed by atoms with Crippen LogP contribution in [0.1, 0.15) is 18.2 Å². The molecule has 0 radical (unpaired) electrons. The van der Waals surface area contributed by atoms with E-state index in [0.29, 0.717) is 18.8 Å². The van der Waals surface area contributed by atoms with Crippen molar-refractivity contribution in [2.75, 3.05) is 18.9 Å². The van der Waals surface area contributed by atoms with Gasteiger partial charge in [-0.1, -0.05) is 13.0 Å². The Bertz CT molecular complexity index is 669. The van der Waals surface area contributed by atoms with Gasteiger partial charge in [0.15, 0.2) is 5.03 Å². The zero-order chi connectivity index (χ0) is 15.3. The third-order valence-corrected chi connectivity index (χ3v) is 5.57. The van der Waals surface area contributed by atoms with Crippen LogP contribution >= 0.6 is 11.3 Å². The SMILES string of the molecule is CCCNc1cccnc1S(=O)(=O)N(C)Cc1cccs1. The predicted molar refractivity (Wildman–Crippen MR) is 86.0 cm³/mol. The van der Waals surface area contributed by atoms with Crippen LogP contribution in [0.4, 0.5) is 5.69 Å². The number of thiophene rings is 1. The molecule has 0 amide bonds. The van der Waals surface area contributed by atoms with E-state index in [9.17, 15) is 8.42 Å². The standard InChI is InChI=1S/C14H19N3O2S2/c1-3-8-15-13-7-4-9-16-14(13)21(18,19)17(2)11-12-6-5-10-20-12/h4-7,9-10,15H,3,8,11H2,1-2H3. The van der Waals surface area contributed by atoms with Crippen molar-refractivity contribution in [1.29, 1.82) is 0 Å². The quantitative estimate of drug-likeness (QED) is 0.850. The van der Waals surface area contributed by atoms with Gasteiger partial charge in [0, 0.05) is 31.2 Å². The van der Waals surface area contributed by atoms with Crippen molar-refractivity contribution in [2.24, 2.45) is 0 Å². The predicted octanol–water partition coefficient (Wildman–Crippen LogP) is 2.79. The molecule has 2 aromatic heterocycles. The summed E-state index contributed by atoms with van der Waals surface area (Å²) in [5, 5.41) is 5.13. The molecule has 0 aliphatic rings. The first-order chi connectivity index (χ1) is 10.1. The molecule has 0 spiro atoms. The fourth-order valence-corrected chi connectivity index (χ4v) is 3.90. The fraction of sp³-hybridized carbons (Fsp3) is 0.357. The summed E-state index contributed by atoms with van der Waals surface area (Å²) in [6.45, 7) is 3.09. The average molecular weight is 325 g/mol. The second kappa shape index (κ2) is 7.02. The normalized spacial score (nSPS) is 11.8. The number of anilines is 1. The van der Waals surface area contributed by atoms with Crippen LogP contribution in [0.3, 0.4) is 0 Å². The van der Waals surface area contributed by atoms with Crippen LogP contribution in [-0.2, 0) is 16.6 Å². The third kappa shape index (κ3) is 3.81. The zero-order valence-electron chi connectivity index (χ0n) is 12.1. The molecule has 7 heteroatoms. The zero-order valence-corrected chi connectivity index (χ0v) is 13.7. The van der Waals surface area contributed by atoms with Crippen molar-refractivity contribution >= 4 is 27.0 Å². The maximum Gasteiger partial charge on any atom is 0.262 e. The van der Waals surface area contributed by atoms with Crippen molar-refractivity contribution in [3.8, 4) is 0 Å². The number of hydrogen-bond acceptors (Lipinski definition) is 5. The van der Waals surface area contributed by atoms with Gasteiger partial charge in [-0.2, -0.15) is 4.31 Å². The van der Waals surface area contributed by atoms with Crippen LogP contribution in [0.15, 0.2) is 40.9 Å². The molecule has 114 valence electrons. The van der Waals surface area contributed by atoms with Gasteiger partial charge in [0.05, 0.1) is 5.69 Å². The Balaban J connectivity index is 2.26. The Kier molecular flexibility index (Phi) is 5.33. The van der Waals surface area contributed by atoms with Gasteiger partial charge >= 0.3 is 0 Å². The van der Waals surface area contributed by atoms with Gasteiger partial charge in [-0.05, 0) is 30.0 Å². The summed E-state index contributed by atoms with van der Waals surface area (Å²) in [4.78, 5) is 5.06. The van der Waals surface area contributed by atoms with E-state index in [-0.39, 0.29) is 5.03 Å². The van der Waals surface area contributed by atoms with Crippen LogP contribution in [-0.4, -0.2) is 31.3 Å². The number of hydrogen-bond donors (Lipinski definition) is 1. The monoisotopic (exact) mass is 325 g/mol. The molecule has 0 saturated heterocycles. The van der Waals surface area contributed by atoms with Gasteiger partial charge in [-0.15, -0.1) is 11.3 Å². The summed E-state index contributed by atoms with van der Waals surface area (Å²) >= 11 is 1.54. The molecule has 1 N–H and O–H groups in total. The van der Waals surface area contributed by atoms with E-state index in [4.69, 9.17) is 0 Å². The lowest BCUT2D eigenvalue weighted by Crippen LogP contribution is -2.27. The highest BCUT2D eigenvalue weighted by Crippen LogP contribution is 2.23. The smallest absolute Gasteiger partial charge is 0.262 e. The molecular weight excluding hydrogens is 306 g/mol. The lowest BCUT2D eigenvalue weighted by Gasteiger charge is -2.18. The van der Waals surface area contributed by atoms with Gasteiger partial charge in [0.1, 0.15) is 0 Å². The molecule has 0 unspecified atom stereocenters. The van der Waals surface area contributed by atoms with Crippen molar-refractivity contribution < 1.29 is 8.42 Å². The molecule has 2 heterocycles. The first kappa shape index (κ1) is 15.9. The number of rotatable bonds is 7. The van der Waals surface area contributed by atoms with Gasteiger partial charge in [-0.25, -0.2) is 13.4 Å². The van der Waals surface area contributed by atoms with E-state index in [1.165, 1.54) is 21.8 Å². The highest BCUT2D eigenvalue weighted by Gasteiger charge is 2.25. The lowest BCUT2D eigenvalue weighted by atomic mass is 10.4. The van der Waals surface area contributed by atoms with E-state index < -0.39 is 10.0 Å². The molecule has 0 fully saturated rings. The van der Waals surface area contributed by atoms with Crippen LogP contribution in [0.2, 0.25) is 0 Å². The van der Waals surface area contributed by atoms with Crippen LogP contribution < -0.4 is 5.32 Å². The number of nitrogens with one attached hydrogen (secondary N) is 1. The van der Waals surface area contributed by atoms with Gasteiger partial charge in [0.2, 0.25) is 0 Å². The van der Waals surface area contributed by atoms with Gasteiger partial charge in [0.25, 0.3) is 10.0 Å². The summed E-state index contributed by atoms with van der Waals surface area (Å²) in [7, 11) is -2.03. The van der Waals surface area contributed by atoms with Gasteiger partial charge in [-0.3, -0.25) is 0 Å². The Hall–Kier alpha value is -1.44. The number of pyridine rings is 1. The van der Waals surface area contributed by atoms with Crippen LogP contribution in [0.25, 0.3) is 0 Å². The van der Waals surface area contributed by atoms with E-state index in [1.54, 1.807) is 19.2 Å². The first-order valence-corrected chi connectivity index (χ1v) is 9.05. The van der Waals surface area contributed by atoms with Crippen molar-refractivity contribution in [1.82, 2.24) is 9.29 Å². The molecule has 0 atom stereocenters. The Morgan fingerprint density at radius 1 is 1.33 bits per heavy atom. The molecule has 0 saturated carbocycles. The molecule has 0 bridgehead atoms. The maximum atomic E-state index is 12.7. The highest BCUT2D eigenvalue weighted by molar-refractivity contribution is 7.89. The minimum atomic E-state index is -3.61. The second-order valence-corrected chi connectivity index (χ2v) is 7.62. The minimum Gasteiger partial charge on any atom is -0.383 e. The topological polar surface area (TPSA) is 62.3 Å². The minimum absolute atomic E-state index is 0.0810. The highest BCUT2D eigenvalue weighted by atomic mass is 32.2. The van der Waals surface area contributed by atoms with Crippen molar-refractivity contribution in [3.63, 3.8) is 0 Å². The fourth-order valence-electron chi connectivity index (χ4n) is 1.85. The lowest BCUT2D eigenvalue weighted by molar-refractivity contribution is 0.467. The largest absolute Gasteiger partial charge is 0.383 e. The van der Waals surface area contributed by atoms with Crippen molar-refractivity contribution in [2.45, 2.75) is 24.9 Å². The molecule has 0 aliphatic heterocycles. The van der Waals surface area contributed by atoms with E-state index in [2.05, 4.69) is 10.3 Å². The number of sulfonamides is 1. The average Bonchev–Trinajstić information content (AvgIpc) is 2.98. The summed E-state index contributed by atoms with van der Waals surface area (Å²) in [6, 6.07) is 7.31. The molecule has 2 aromatic rings. The Labute approximate surface area is 129 Å². The third-order valence-electron chi connectivity index (χ3n) is 2.95. The first-order valence-electron chi connectivity index (χ1n) is 6.73. The molecule has 2 rings (SSSR count). The van der Waals surface area contributed by atoms with Crippen LogP contribution in [0, 0.1) is 0 Å². The summed E-state index contributed by atoms with van der Waals surface area (Å²) in [6.07, 6.45) is 2.42. The molecule has 0 aliphatic carbocycles. The summed E-state index contributed by atoms with van der Waals surface area (Å²) in [5.41, 5.74) is 0.553. The molecule has 21 heavy (non-hydrogen) atoms. The van der Waals surface area contributed by atoms with E-state index in [1.807, 2.05) is 24.4 Å². The molecule has 5 nitrogen and oxygen atoms in total. The Morgan fingerprint density at radius 3 is 2.81 bits per heavy atom. The molecular formula is C14H19N3O2S2. The number of nitrogens with zero attached hydrogens (tertiary/aromatic N) is 2. The molecule has 0 aromatic carbocycles. The number of aromatic nitrogens is 1.